The molecule has 0 radical (unpaired) electrons. The van der Waals surface area contributed by atoms with E-state index in [2.05, 4.69) is 15.5 Å². The summed E-state index contributed by atoms with van der Waals surface area (Å²) < 4.78 is 0.694. The van der Waals surface area contributed by atoms with Crippen molar-refractivity contribution in [1.29, 1.82) is 0 Å². The quantitative estimate of drug-likeness (QED) is 0.262. The van der Waals surface area contributed by atoms with Gasteiger partial charge in [-0.3, -0.25) is 14.9 Å². The van der Waals surface area contributed by atoms with Crippen molar-refractivity contribution in [3.05, 3.63) is 75.8 Å². The maximum absolute atomic E-state index is 12.0. The van der Waals surface area contributed by atoms with Crippen LogP contribution in [-0.4, -0.2) is 21.0 Å². The second kappa shape index (κ2) is 9.24. The van der Waals surface area contributed by atoms with Crippen LogP contribution < -0.4 is 5.32 Å². The molecular weight excluding hydrogens is 384 g/mol. The Hall–Kier alpha value is -2.78. The molecule has 3 rings (SSSR count). The summed E-state index contributed by atoms with van der Waals surface area (Å²) in [7, 11) is 0. The van der Waals surface area contributed by atoms with Gasteiger partial charge in [0.2, 0.25) is 11.0 Å². The number of nitrogens with zero attached hydrogens (tertiary/aromatic N) is 3. The Morgan fingerprint density at radius 1 is 1.11 bits per heavy atom. The SMILES string of the molecule is O=C(CCc1ccccc1)Nc1nnc(SCc2cccc([N+](=O)[O-])c2)s1. The Balaban J connectivity index is 1.48. The van der Waals surface area contributed by atoms with Crippen LogP contribution in [0.15, 0.2) is 58.9 Å². The number of thioether (sulfide) groups is 1. The van der Waals surface area contributed by atoms with Gasteiger partial charge in [-0.15, -0.1) is 10.2 Å². The minimum Gasteiger partial charge on any atom is -0.300 e. The maximum atomic E-state index is 12.0. The third-order valence-corrected chi connectivity index (χ3v) is 5.66. The predicted octanol–water partition coefficient (Wildman–Crippen LogP) is 4.31. The smallest absolute Gasteiger partial charge is 0.269 e. The first-order chi connectivity index (χ1) is 13.1. The number of non-ortho nitro benzene ring substituents is 1. The Morgan fingerprint density at radius 2 is 1.89 bits per heavy atom. The third-order valence-electron chi connectivity index (χ3n) is 3.62. The highest BCUT2D eigenvalue weighted by atomic mass is 32.2. The molecule has 1 heterocycles. The summed E-state index contributed by atoms with van der Waals surface area (Å²) in [6.07, 6.45) is 1.04. The minimum absolute atomic E-state index is 0.0664. The van der Waals surface area contributed by atoms with Gasteiger partial charge in [-0.1, -0.05) is 65.6 Å². The number of aromatic nitrogens is 2. The molecule has 0 saturated heterocycles. The van der Waals surface area contributed by atoms with Crippen molar-refractivity contribution in [3.8, 4) is 0 Å². The lowest BCUT2D eigenvalue weighted by Crippen LogP contribution is -2.12. The van der Waals surface area contributed by atoms with Crippen LogP contribution in [0.2, 0.25) is 0 Å². The van der Waals surface area contributed by atoms with E-state index in [-0.39, 0.29) is 11.6 Å². The number of benzene rings is 2. The van der Waals surface area contributed by atoms with Crippen molar-refractivity contribution in [2.75, 3.05) is 5.32 Å². The molecule has 138 valence electrons. The first kappa shape index (κ1) is 19.0. The Bertz CT molecular complexity index is 931. The molecule has 7 nitrogen and oxygen atoms in total. The van der Waals surface area contributed by atoms with Crippen molar-refractivity contribution in [3.63, 3.8) is 0 Å². The van der Waals surface area contributed by atoms with Crippen molar-refractivity contribution >= 4 is 39.8 Å². The number of nitro groups is 1. The van der Waals surface area contributed by atoms with Crippen LogP contribution >= 0.6 is 23.1 Å². The van der Waals surface area contributed by atoms with E-state index in [0.29, 0.717) is 28.1 Å². The molecule has 9 heteroatoms. The van der Waals surface area contributed by atoms with Gasteiger partial charge in [-0.2, -0.15) is 0 Å². The van der Waals surface area contributed by atoms with Gasteiger partial charge in [-0.25, -0.2) is 0 Å². The Labute approximate surface area is 164 Å². The van der Waals surface area contributed by atoms with Crippen LogP contribution in [0.5, 0.6) is 0 Å². The molecular formula is C18H16N4O3S2. The lowest BCUT2D eigenvalue weighted by molar-refractivity contribution is -0.384. The molecule has 1 N–H and O–H groups in total. The van der Waals surface area contributed by atoms with E-state index < -0.39 is 4.92 Å². The summed E-state index contributed by atoms with van der Waals surface area (Å²) in [5.74, 6) is 0.434. The fourth-order valence-electron chi connectivity index (χ4n) is 2.31. The highest BCUT2D eigenvalue weighted by Crippen LogP contribution is 2.29. The number of hydrogen-bond donors (Lipinski definition) is 1. The molecule has 0 fully saturated rings. The zero-order valence-corrected chi connectivity index (χ0v) is 15.8. The number of nitro benzene ring substituents is 1. The van der Waals surface area contributed by atoms with E-state index in [1.807, 2.05) is 36.4 Å². The average molecular weight is 400 g/mol. The largest absolute Gasteiger partial charge is 0.300 e. The molecule has 0 atom stereocenters. The Kier molecular flexibility index (Phi) is 6.50. The fraction of sp³-hybridized carbons (Fsp3) is 0.167. The summed E-state index contributed by atoms with van der Waals surface area (Å²) in [6.45, 7) is 0. The number of anilines is 1. The summed E-state index contributed by atoms with van der Waals surface area (Å²) in [5, 5.41) is 22.0. The second-order valence-corrected chi connectivity index (χ2v) is 7.82. The standard InChI is InChI=1S/C18H16N4O3S2/c23-16(10-9-13-5-2-1-3-6-13)19-17-20-21-18(27-17)26-12-14-7-4-8-15(11-14)22(24)25/h1-8,11H,9-10,12H2,(H,19,20,23). The van der Waals surface area contributed by atoms with Crippen molar-refractivity contribution in [2.45, 2.75) is 22.9 Å². The van der Waals surface area contributed by atoms with Crippen LogP contribution in [-0.2, 0) is 17.0 Å². The first-order valence-electron chi connectivity index (χ1n) is 8.13. The molecule has 0 spiro atoms. The molecule has 27 heavy (non-hydrogen) atoms. The number of carbonyl (C=O) groups is 1. The molecule has 0 unspecified atom stereocenters. The van der Waals surface area contributed by atoms with Crippen LogP contribution in [0.4, 0.5) is 10.8 Å². The van der Waals surface area contributed by atoms with Gasteiger partial charge < -0.3 is 5.32 Å². The summed E-state index contributed by atoms with van der Waals surface area (Å²) in [4.78, 5) is 22.4. The van der Waals surface area contributed by atoms with Gasteiger partial charge in [0, 0.05) is 24.3 Å². The zero-order valence-electron chi connectivity index (χ0n) is 14.2. The molecule has 0 bridgehead atoms. The molecule has 0 aliphatic carbocycles. The maximum Gasteiger partial charge on any atom is 0.269 e. The van der Waals surface area contributed by atoms with Crippen LogP contribution in [0.3, 0.4) is 0 Å². The predicted molar refractivity (Wildman–Crippen MR) is 106 cm³/mol. The van der Waals surface area contributed by atoms with Gasteiger partial charge in [-0.05, 0) is 17.5 Å². The van der Waals surface area contributed by atoms with Crippen molar-refractivity contribution < 1.29 is 9.72 Å². The van der Waals surface area contributed by atoms with E-state index in [4.69, 9.17) is 0 Å². The summed E-state index contributed by atoms with van der Waals surface area (Å²) >= 11 is 2.71. The monoisotopic (exact) mass is 400 g/mol. The molecule has 2 aromatic carbocycles. The summed E-state index contributed by atoms with van der Waals surface area (Å²) in [6, 6.07) is 16.3. The fourth-order valence-corrected chi connectivity index (χ4v) is 4.02. The molecule has 3 aromatic rings. The van der Waals surface area contributed by atoms with Crippen molar-refractivity contribution in [2.24, 2.45) is 0 Å². The van der Waals surface area contributed by atoms with E-state index in [1.54, 1.807) is 12.1 Å². The summed E-state index contributed by atoms with van der Waals surface area (Å²) in [5.41, 5.74) is 2.01. The zero-order chi connectivity index (χ0) is 19.1. The highest BCUT2D eigenvalue weighted by molar-refractivity contribution is 8.00. The number of carbonyl (C=O) groups excluding carboxylic acids is 1. The number of amides is 1. The second-order valence-electron chi connectivity index (χ2n) is 5.62. The van der Waals surface area contributed by atoms with Crippen LogP contribution in [0.1, 0.15) is 17.5 Å². The Morgan fingerprint density at radius 3 is 2.67 bits per heavy atom. The van der Waals surface area contributed by atoms with Gasteiger partial charge in [0.25, 0.3) is 5.69 Å². The molecule has 0 aliphatic heterocycles. The van der Waals surface area contributed by atoms with E-state index in [9.17, 15) is 14.9 Å². The third kappa shape index (κ3) is 5.87. The van der Waals surface area contributed by atoms with Gasteiger partial charge >= 0.3 is 0 Å². The number of nitrogens with one attached hydrogen (secondary N) is 1. The van der Waals surface area contributed by atoms with E-state index in [0.717, 1.165) is 11.1 Å². The number of hydrogen-bond acceptors (Lipinski definition) is 7. The molecule has 1 aromatic heterocycles. The van der Waals surface area contributed by atoms with Crippen LogP contribution in [0.25, 0.3) is 0 Å². The lowest BCUT2D eigenvalue weighted by Gasteiger charge is -2.01. The highest BCUT2D eigenvalue weighted by Gasteiger charge is 2.10. The average Bonchev–Trinajstić information content (AvgIpc) is 3.13. The van der Waals surface area contributed by atoms with Gasteiger partial charge in [0.1, 0.15) is 0 Å². The number of aryl methyl sites for hydroxylation is 1. The van der Waals surface area contributed by atoms with Crippen molar-refractivity contribution in [1.82, 2.24) is 10.2 Å². The normalized spacial score (nSPS) is 10.5. The first-order valence-corrected chi connectivity index (χ1v) is 9.94. The number of rotatable bonds is 8. The van der Waals surface area contributed by atoms with E-state index >= 15 is 0 Å². The lowest BCUT2D eigenvalue weighted by atomic mass is 10.1. The van der Waals surface area contributed by atoms with Gasteiger partial charge in [0.05, 0.1) is 4.92 Å². The van der Waals surface area contributed by atoms with Crippen LogP contribution in [0, 0.1) is 10.1 Å². The van der Waals surface area contributed by atoms with Gasteiger partial charge in [0.15, 0.2) is 4.34 Å². The van der Waals surface area contributed by atoms with E-state index in [1.165, 1.54) is 29.2 Å². The topological polar surface area (TPSA) is 98.0 Å². The molecule has 0 saturated carbocycles. The minimum atomic E-state index is -0.414. The molecule has 1 amide bonds. The molecule has 0 aliphatic rings.